The first kappa shape index (κ1) is 18.4. The summed E-state index contributed by atoms with van der Waals surface area (Å²) in [5, 5.41) is 11.0. The fourth-order valence-electron chi connectivity index (χ4n) is 2.54. The summed E-state index contributed by atoms with van der Waals surface area (Å²) >= 11 is 0. The molecule has 24 heavy (non-hydrogen) atoms. The molecular formula is C15H20N2O6S. The van der Waals surface area contributed by atoms with E-state index >= 15 is 0 Å². The molecule has 1 amide bonds. The number of carbonyl (C=O) groups excluding carboxylic acids is 1. The lowest BCUT2D eigenvalue weighted by Gasteiger charge is -2.23. The van der Waals surface area contributed by atoms with Gasteiger partial charge in [0.2, 0.25) is 15.9 Å². The highest BCUT2D eigenvalue weighted by Crippen LogP contribution is 2.25. The van der Waals surface area contributed by atoms with Crippen LogP contribution in [0.2, 0.25) is 0 Å². The molecule has 9 heteroatoms. The van der Waals surface area contributed by atoms with E-state index in [1.54, 1.807) is 18.2 Å². The molecule has 0 aliphatic carbocycles. The standard InChI is InChI=1S/C15H20N2O6S/c18-14(19)11-23-10-8-16-15(20)13-7-4-9-17(13)24(21,22)12-5-2-1-3-6-12/h1-3,5-6,13H,4,7-11H2,(H,16,20)(H,18,19). The molecule has 132 valence electrons. The maximum absolute atomic E-state index is 12.7. The summed E-state index contributed by atoms with van der Waals surface area (Å²) < 4.78 is 31.4. The second-order valence-corrected chi connectivity index (χ2v) is 7.21. The molecule has 1 heterocycles. The van der Waals surface area contributed by atoms with Gasteiger partial charge in [-0.2, -0.15) is 4.31 Å². The van der Waals surface area contributed by atoms with Gasteiger partial charge in [-0.25, -0.2) is 13.2 Å². The number of benzene rings is 1. The van der Waals surface area contributed by atoms with Gasteiger partial charge in [0.15, 0.2) is 0 Å². The number of ether oxygens (including phenoxy) is 1. The van der Waals surface area contributed by atoms with Crippen LogP contribution >= 0.6 is 0 Å². The van der Waals surface area contributed by atoms with Gasteiger partial charge in [-0.1, -0.05) is 18.2 Å². The number of hydrogen-bond donors (Lipinski definition) is 2. The molecule has 2 N–H and O–H groups in total. The molecule has 0 bridgehead atoms. The lowest BCUT2D eigenvalue weighted by Crippen LogP contribution is -2.46. The van der Waals surface area contributed by atoms with Crippen LogP contribution in [0.4, 0.5) is 0 Å². The van der Waals surface area contributed by atoms with Crippen molar-refractivity contribution >= 4 is 21.9 Å². The van der Waals surface area contributed by atoms with Crippen molar-refractivity contribution in [3.8, 4) is 0 Å². The molecule has 8 nitrogen and oxygen atoms in total. The normalized spacial score (nSPS) is 18.4. The molecule has 1 aromatic carbocycles. The van der Waals surface area contributed by atoms with E-state index in [4.69, 9.17) is 9.84 Å². The van der Waals surface area contributed by atoms with Crippen LogP contribution in [0.5, 0.6) is 0 Å². The number of aliphatic carboxylic acids is 1. The summed E-state index contributed by atoms with van der Waals surface area (Å²) in [6, 6.07) is 7.25. The van der Waals surface area contributed by atoms with Crippen molar-refractivity contribution in [2.75, 3.05) is 26.3 Å². The number of sulfonamides is 1. The van der Waals surface area contributed by atoms with E-state index in [1.807, 2.05) is 0 Å². The van der Waals surface area contributed by atoms with Crippen LogP contribution in [-0.4, -0.2) is 62.1 Å². The highest BCUT2D eigenvalue weighted by atomic mass is 32.2. The van der Waals surface area contributed by atoms with E-state index < -0.39 is 34.5 Å². The van der Waals surface area contributed by atoms with Crippen molar-refractivity contribution in [2.45, 2.75) is 23.8 Å². The largest absolute Gasteiger partial charge is 0.480 e. The van der Waals surface area contributed by atoms with E-state index in [2.05, 4.69) is 5.32 Å². The van der Waals surface area contributed by atoms with Crippen molar-refractivity contribution in [2.24, 2.45) is 0 Å². The Morgan fingerprint density at radius 2 is 2.00 bits per heavy atom. The zero-order valence-corrected chi connectivity index (χ0v) is 13.9. The van der Waals surface area contributed by atoms with E-state index in [0.717, 1.165) is 0 Å². The van der Waals surface area contributed by atoms with E-state index in [0.29, 0.717) is 19.4 Å². The first-order chi connectivity index (χ1) is 11.4. The number of carboxylic acids is 1. The molecule has 2 rings (SSSR count). The van der Waals surface area contributed by atoms with Gasteiger partial charge in [0.1, 0.15) is 12.6 Å². The van der Waals surface area contributed by atoms with Crippen molar-refractivity contribution in [3.05, 3.63) is 30.3 Å². The molecule has 1 unspecified atom stereocenters. The van der Waals surface area contributed by atoms with Crippen molar-refractivity contribution in [1.29, 1.82) is 0 Å². The molecule has 0 radical (unpaired) electrons. The number of hydrogen-bond acceptors (Lipinski definition) is 5. The van der Waals surface area contributed by atoms with Crippen molar-refractivity contribution < 1.29 is 27.9 Å². The van der Waals surface area contributed by atoms with Crippen LogP contribution in [0.3, 0.4) is 0 Å². The highest BCUT2D eigenvalue weighted by molar-refractivity contribution is 7.89. The predicted molar refractivity (Wildman–Crippen MR) is 84.8 cm³/mol. The highest BCUT2D eigenvalue weighted by Gasteiger charge is 2.39. The Bertz CT molecular complexity index is 676. The van der Waals surface area contributed by atoms with E-state index in [-0.39, 0.29) is 18.0 Å². The number of rotatable bonds is 8. The Morgan fingerprint density at radius 1 is 1.29 bits per heavy atom. The monoisotopic (exact) mass is 356 g/mol. The maximum atomic E-state index is 12.7. The average molecular weight is 356 g/mol. The number of nitrogens with zero attached hydrogens (tertiary/aromatic N) is 1. The molecule has 1 aliphatic heterocycles. The fourth-order valence-corrected chi connectivity index (χ4v) is 4.22. The van der Waals surface area contributed by atoms with Crippen LogP contribution in [0, 0.1) is 0 Å². The zero-order valence-electron chi connectivity index (χ0n) is 13.1. The van der Waals surface area contributed by atoms with Gasteiger partial charge in [0, 0.05) is 13.1 Å². The molecule has 0 spiro atoms. The summed E-state index contributed by atoms with van der Waals surface area (Å²) in [5.74, 6) is -1.48. The van der Waals surface area contributed by atoms with Gasteiger partial charge in [-0.3, -0.25) is 4.79 Å². The van der Waals surface area contributed by atoms with Gasteiger partial charge in [0.05, 0.1) is 11.5 Å². The molecule has 1 aromatic rings. The molecule has 0 aromatic heterocycles. The minimum atomic E-state index is -3.72. The Balaban J connectivity index is 1.95. The number of carboxylic acid groups (broad SMARTS) is 1. The molecule has 0 saturated carbocycles. The van der Waals surface area contributed by atoms with Crippen LogP contribution in [0.25, 0.3) is 0 Å². The van der Waals surface area contributed by atoms with Crippen molar-refractivity contribution in [3.63, 3.8) is 0 Å². The lowest BCUT2D eigenvalue weighted by molar-refractivity contribution is -0.142. The van der Waals surface area contributed by atoms with Crippen LogP contribution in [-0.2, 0) is 24.3 Å². The van der Waals surface area contributed by atoms with Gasteiger partial charge in [0.25, 0.3) is 0 Å². The Labute approximate surface area is 140 Å². The first-order valence-corrected chi connectivity index (χ1v) is 9.01. The number of nitrogens with one attached hydrogen (secondary N) is 1. The Hall–Kier alpha value is -1.97. The molecular weight excluding hydrogens is 336 g/mol. The van der Waals surface area contributed by atoms with Crippen LogP contribution in [0.1, 0.15) is 12.8 Å². The Kier molecular flexibility index (Phi) is 6.29. The van der Waals surface area contributed by atoms with Gasteiger partial charge in [-0.05, 0) is 25.0 Å². The minimum Gasteiger partial charge on any atom is -0.480 e. The third-order valence-electron chi connectivity index (χ3n) is 3.63. The fraction of sp³-hybridized carbons (Fsp3) is 0.467. The lowest BCUT2D eigenvalue weighted by atomic mass is 10.2. The van der Waals surface area contributed by atoms with Gasteiger partial charge >= 0.3 is 5.97 Å². The summed E-state index contributed by atoms with van der Waals surface area (Å²) in [5.41, 5.74) is 0. The zero-order chi connectivity index (χ0) is 17.6. The van der Waals surface area contributed by atoms with Crippen LogP contribution in [0.15, 0.2) is 35.2 Å². The minimum absolute atomic E-state index is 0.0518. The maximum Gasteiger partial charge on any atom is 0.329 e. The average Bonchev–Trinajstić information content (AvgIpc) is 3.05. The second-order valence-electron chi connectivity index (χ2n) is 5.32. The van der Waals surface area contributed by atoms with Crippen LogP contribution < -0.4 is 5.32 Å². The third kappa shape index (κ3) is 4.53. The summed E-state index contributed by atoms with van der Waals surface area (Å²) in [7, 11) is -3.72. The van der Waals surface area contributed by atoms with Gasteiger partial charge in [-0.15, -0.1) is 0 Å². The van der Waals surface area contributed by atoms with E-state index in [9.17, 15) is 18.0 Å². The van der Waals surface area contributed by atoms with E-state index in [1.165, 1.54) is 16.4 Å². The SMILES string of the molecule is O=C(O)COCCNC(=O)C1CCCN1S(=O)(=O)c1ccccc1. The van der Waals surface area contributed by atoms with Gasteiger partial charge < -0.3 is 15.2 Å². The molecule has 1 saturated heterocycles. The predicted octanol–water partition coefficient (Wildman–Crippen LogP) is 0.0571. The molecule has 1 atom stereocenters. The smallest absolute Gasteiger partial charge is 0.329 e. The Morgan fingerprint density at radius 3 is 2.67 bits per heavy atom. The third-order valence-corrected chi connectivity index (χ3v) is 5.55. The molecule has 1 aliphatic rings. The first-order valence-electron chi connectivity index (χ1n) is 7.57. The second kappa shape index (κ2) is 8.22. The summed E-state index contributed by atoms with van der Waals surface area (Å²) in [4.78, 5) is 22.7. The number of amides is 1. The molecule has 1 fully saturated rings. The summed E-state index contributed by atoms with van der Waals surface area (Å²) in [6.07, 6.45) is 1.06. The summed E-state index contributed by atoms with van der Waals surface area (Å²) in [6.45, 7) is 0.0384. The quantitative estimate of drug-likeness (QED) is 0.637. The topological polar surface area (TPSA) is 113 Å². The number of carbonyl (C=O) groups is 2. The van der Waals surface area contributed by atoms with Crippen molar-refractivity contribution in [1.82, 2.24) is 9.62 Å².